The second-order valence-electron chi connectivity index (χ2n) is 16.2. The van der Waals surface area contributed by atoms with Gasteiger partial charge in [-0.15, -0.1) is 0 Å². The molecule has 5 rings (SSSR count). The molecule has 2 N–H and O–H groups in total. The van der Waals surface area contributed by atoms with Gasteiger partial charge in [0.2, 0.25) is 5.91 Å². The van der Waals surface area contributed by atoms with Crippen LogP contribution in [0, 0.1) is 0 Å². The third-order valence-corrected chi connectivity index (χ3v) is 8.96. The summed E-state index contributed by atoms with van der Waals surface area (Å²) < 4.78 is 40.8. The maximum Gasteiger partial charge on any atom is 0.419 e. The van der Waals surface area contributed by atoms with Crippen LogP contribution in [0.25, 0.3) is 22.3 Å². The number of rotatable bonds is 19. The third-order valence-electron chi connectivity index (χ3n) is 8.96. The maximum absolute atomic E-state index is 13.2. The summed E-state index contributed by atoms with van der Waals surface area (Å²) in [5.41, 5.74) is 6.97. The fraction of sp³-hybridized carbons (Fsp3) is 0.500. The molecule has 0 unspecified atom stereocenters. The van der Waals surface area contributed by atoms with Crippen molar-refractivity contribution in [3.63, 3.8) is 0 Å². The Morgan fingerprint density at radius 1 is 0.787 bits per heavy atom. The summed E-state index contributed by atoms with van der Waals surface area (Å²) in [6.45, 7) is 13.7. The highest BCUT2D eigenvalue weighted by molar-refractivity contribution is 5.98. The molecule has 0 bridgehead atoms. The second-order valence-corrected chi connectivity index (χ2v) is 16.2. The van der Waals surface area contributed by atoms with Gasteiger partial charge in [0.25, 0.3) is 0 Å². The summed E-state index contributed by atoms with van der Waals surface area (Å²) in [4.78, 5) is 49.8. The van der Waals surface area contributed by atoms with Gasteiger partial charge in [-0.3, -0.25) is 4.79 Å². The lowest BCUT2D eigenvalue weighted by atomic mass is 10.1. The predicted octanol–water partition coefficient (Wildman–Crippen LogP) is 6.83. The van der Waals surface area contributed by atoms with Crippen LogP contribution in [0.4, 0.5) is 15.4 Å². The average molecular weight is 846 g/mol. The van der Waals surface area contributed by atoms with Crippen LogP contribution in [0.5, 0.6) is 11.5 Å². The summed E-state index contributed by atoms with van der Waals surface area (Å²) in [7, 11) is 0. The highest BCUT2D eigenvalue weighted by Crippen LogP contribution is 2.35. The van der Waals surface area contributed by atoms with Gasteiger partial charge in [0.15, 0.2) is 5.65 Å². The van der Waals surface area contributed by atoms with Crippen molar-refractivity contribution in [3.05, 3.63) is 73.1 Å². The van der Waals surface area contributed by atoms with Crippen molar-refractivity contribution in [1.82, 2.24) is 29.5 Å². The van der Waals surface area contributed by atoms with Crippen LogP contribution in [0.2, 0.25) is 0 Å². The van der Waals surface area contributed by atoms with E-state index in [1.807, 2.05) is 64.2 Å². The summed E-state index contributed by atoms with van der Waals surface area (Å²) in [6.07, 6.45) is 4.72. The number of ether oxygens (including phenoxy) is 7. The molecule has 1 atom stereocenters. The first-order valence-corrected chi connectivity index (χ1v) is 20.5. The van der Waals surface area contributed by atoms with E-state index in [9.17, 15) is 14.4 Å². The van der Waals surface area contributed by atoms with Crippen LogP contribution in [0.15, 0.2) is 73.1 Å². The summed E-state index contributed by atoms with van der Waals surface area (Å²) >= 11 is 0. The molecule has 0 spiro atoms. The monoisotopic (exact) mass is 845 g/mol. The molecule has 17 nitrogen and oxygen atoms in total. The minimum absolute atomic E-state index is 0.0316. The van der Waals surface area contributed by atoms with Gasteiger partial charge in [-0.25, -0.2) is 29.1 Å². The summed E-state index contributed by atoms with van der Waals surface area (Å²) in [5, 5.41) is 5.66. The third kappa shape index (κ3) is 14.8. The Morgan fingerprint density at radius 2 is 1.38 bits per heavy atom. The number of nitrogen functional groups attached to an aromatic ring is 1. The molecule has 0 aliphatic carbocycles. The van der Waals surface area contributed by atoms with E-state index in [1.165, 1.54) is 12.4 Å². The lowest BCUT2D eigenvalue weighted by molar-refractivity contribution is -0.127. The Kier molecular flexibility index (Phi) is 17.0. The zero-order valence-corrected chi connectivity index (χ0v) is 36.0. The number of nitrogens with two attached hydrogens (primary N) is 1. The van der Waals surface area contributed by atoms with Gasteiger partial charge in [-0.1, -0.05) is 24.3 Å². The first-order valence-electron chi connectivity index (χ1n) is 20.5. The number of carbonyl (C=O) groups excluding carboxylic acids is 3. The van der Waals surface area contributed by atoms with Crippen molar-refractivity contribution in [2.24, 2.45) is 0 Å². The molecule has 3 heterocycles. The molecule has 1 aliphatic heterocycles. The molecule has 0 saturated carbocycles. The number of piperidine rings is 1. The van der Waals surface area contributed by atoms with Gasteiger partial charge in [0, 0.05) is 24.7 Å². The minimum atomic E-state index is -0.800. The molecule has 4 aromatic rings. The molecule has 330 valence electrons. The standard InChI is InChI=1S/C44H59N7O10/c1-43(2,3)60-41(53)50(42(54)61-44(4,5)6)21-23-56-25-27-58-29-28-57-26-24-55-22-11-15-36(52)49-20-10-12-33(30-49)51-40-37(39(45)46-31-47-40)38(48-51)32-16-18-35(19-17-32)59-34-13-8-7-9-14-34/h7-9,11,13-19,31,33H,10,12,20-30H2,1-6H3,(H2,45,46,47)/b15-11+/t33-/m1/s1. The second kappa shape index (κ2) is 22.3. The number of anilines is 1. The molecule has 17 heteroatoms. The van der Waals surface area contributed by atoms with E-state index in [-0.39, 0.29) is 38.3 Å². The number of hydrogen-bond acceptors (Lipinski definition) is 14. The Hall–Kier alpha value is -5.62. The number of aromatic nitrogens is 4. The summed E-state index contributed by atoms with van der Waals surface area (Å²) in [5.74, 6) is 1.68. The molecule has 1 saturated heterocycles. The van der Waals surface area contributed by atoms with E-state index in [0.717, 1.165) is 29.1 Å². The lowest BCUT2D eigenvalue weighted by Crippen LogP contribution is -2.45. The van der Waals surface area contributed by atoms with E-state index in [1.54, 1.807) is 47.6 Å². The SMILES string of the molecule is CC(C)(C)OC(=O)N(CCOCCOCCOCCOC/C=C/C(=O)N1CCC[C@@H](n2nc(-c3ccc(Oc4ccccc4)cc3)c3c(N)ncnc32)C1)C(=O)OC(C)(C)C. The lowest BCUT2D eigenvalue weighted by Gasteiger charge is -2.32. The average Bonchev–Trinajstić information content (AvgIpc) is 3.61. The first kappa shape index (κ1) is 46.4. The zero-order chi connectivity index (χ0) is 43.8. The largest absolute Gasteiger partial charge is 0.457 e. The van der Waals surface area contributed by atoms with Crippen LogP contribution in [-0.2, 0) is 33.2 Å². The number of likely N-dealkylation sites (tertiary alicyclic amines) is 1. The molecular formula is C44H59N7O10. The minimum Gasteiger partial charge on any atom is -0.457 e. The summed E-state index contributed by atoms with van der Waals surface area (Å²) in [6, 6.07) is 17.1. The molecule has 2 aromatic heterocycles. The Bertz CT molecular complexity index is 2020. The van der Waals surface area contributed by atoms with Crippen LogP contribution in [0.1, 0.15) is 60.4 Å². The molecule has 3 amide bonds. The zero-order valence-electron chi connectivity index (χ0n) is 36.0. The fourth-order valence-corrected chi connectivity index (χ4v) is 6.22. The van der Waals surface area contributed by atoms with E-state index < -0.39 is 23.4 Å². The van der Waals surface area contributed by atoms with Gasteiger partial charge in [-0.05, 0) is 90.8 Å². The van der Waals surface area contributed by atoms with Gasteiger partial charge >= 0.3 is 12.2 Å². The van der Waals surface area contributed by atoms with E-state index >= 15 is 0 Å². The molecule has 1 aliphatic rings. The number of nitrogens with zero attached hydrogens (tertiary/aromatic N) is 6. The number of amides is 3. The maximum atomic E-state index is 13.2. The van der Waals surface area contributed by atoms with E-state index in [4.69, 9.17) is 44.0 Å². The highest BCUT2D eigenvalue weighted by Gasteiger charge is 2.31. The highest BCUT2D eigenvalue weighted by atomic mass is 16.6. The number of hydrogen-bond donors (Lipinski definition) is 1. The normalized spacial score (nSPS) is 14.7. The van der Waals surface area contributed by atoms with Gasteiger partial charge < -0.3 is 43.8 Å². The van der Waals surface area contributed by atoms with Crippen molar-refractivity contribution >= 4 is 34.9 Å². The van der Waals surface area contributed by atoms with Crippen LogP contribution < -0.4 is 10.5 Å². The topological polar surface area (TPSA) is 192 Å². The van der Waals surface area contributed by atoms with Gasteiger partial charge in [0.1, 0.15) is 40.5 Å². The Labute approximate surface area is 357 Å². The number of fused-ring (bicyclic) bond motifs is 1. The molecule has 61 heavy (non-hydrogen) atoms. The van der Waals surface area contributed by atoms with Crippen LogP contribution in [-0.4, -0.2) is 131 Å². The quantitative estimate of drug-likeness (QED) is 0.0763. The smallest absolute Gasteiger partial charge is 0.419 e. The van der Waals surface area contributed by atoms with E-state index in [0.29, 0.717) is 74.4 Å². The Balaban J connectivity index is 0.972. The van der Waals surface area contributed by atoms with Crippen molar-refractivity contribution in [2.45, 2.75) is 71.6 Å². The Morgan fingerprint density at radius 3 is 2.00 bits per heavy atom. The predicted molar refractivity (Wildman–Crippen MR) is 228 cm³/mol. The van der Waals surface area contributed by atoms with Gasteiger partial charge in [0.05, 0.1) is 70.8 Å². The van der Waals surface area contributed by atoms with Gasteiger partial charge in [-0.2, -0.15) is 5.10 Å². The van der Waals surface area contributed by atoms with Crippen molar-refractivity contribution in [1.29, 1.82) is 0 Å². The van der Waals surface area contributed by atoms with E-state index in [2.05, 4.69) is 9.97 Å². The first-order chi connectivity index (χ1) is 29.2. The number of carbonyl (C=O) groups is 3. The number of imide groups is 1. The van der Waals surface area contributed by atoms with Crippen molar-refractivity contribution < 1.29 is 47.5 Å². The van der Waals surface area contributed by atoms with Crippen molar-refractivity contribution in [3.8, 4) is 22.8 Å². The van der Waals surface area contributed by atoms with Crippen LogP contribution in [0.3, 0.4) is 0 Å². The van der Waals surface area contributed by atoms with Crippen molar-refractivity contribution in [2.75, 3.05) is 78.2 Å². The molecule has 0 radical (unpaired) electrons. The number of para-hydroxylation sites is 1. The molecular weight excluding hydrogens is 787 g/mol. The van der Waals surface area contributed by atoms with Crippen LogP contribution >= 0.6 is 0 Å². The number of benzene rings is 2. The molecule has 1 fully saturated rings. The fourth-order valence-electron chi connectivity index (χ4n) is 6.22. The molecule has 2 aromatic carbocycles.